The van der Waals surface area contributed by atoms with Gasteiger partial charge in [-0.1, -0.05) is 146 Å². The van der Waals surface area contributed by atoms with Crippen LogP contribution in [0.15, 0.2) is 191 Å². The van der Waals surface area contributed by atoms with Crippen LogP contribution in [0.4, 0.5) is 0 Å². The first-order chi connectivity index (χ1) is 26.6. The van der Waals surface area contributed by atoms with Crippen LogP contribution in [-0.2, 0) is 5.41 Å². The summed E-state index contributed by atoms with van der Waals surface area (Å²) in [5.74, 6) is 0. The third-order valence-electron chi connectivity index (χ3n) is 11.6. The first-order valence-electron chi connectivity index (χ1n) is 18.5. The molecule has 11 rings (SSSR count). The Morgan fingerprint density at radius 2 is 1.11 bits per heavy atom. The van der Waals surface area contributed by atoms with Crippen LogP contribution in [-0.4, -0.2) is 4.57 Å². The second kappa shape index (κ2) is 11.5. The molecule has 0 aliphatic heterocycles. The maximum atomic E-state index is 13.4. The van der Waals surface area contributed by atoms with Crippen molar-refractivity contribution in [3.63, 3.8) is 0 Å². The molecule has 3 heteroatoms. The maximum absolute atomic E-state index is 13.4. The van der Waals surface area contributed by atoms with Crippen LogP contribution < -0.4 is 5.43 Å². The molecule has 0 saturated heterocycles. The average molecular weight is 692 g/mol. The maximum Gasteiger partial charge on any atom is 0.200 e. The van der Waals surface area contributed by atoms with E-state index in [1.54, 1.807) is 0 Å². The minimum Gasteiger partial charge on any atom is -0.456 e. The molecular formula is C51H33NO2. The lowest BCUT2D eigenvalue weighted by Gasteiger charge is -2.33. The van der Waals surface area contributed by atoms with Gasteiger partial charge in [0.2, 0.25) is 5.43 Å². The third-order valence-corrected chi connectivity index (χ3v) is 11.6. The third kappa shape index (κ3) is 4.15. The molecule has 0 fully saturated rings. The number of benzene rings is 8. The van der Waals surface area contributed by atoms with Gasteiger partial charge in [-0.25, -0.2) is 0 Å². The highest BCUT2D eigenvalue weighted by Crippen LogP contribution is 2.58. The number of nitrogens with zero attached hydrogens (tertiary/aromatic N) is 1. The van der Waals surface area contributed by atoms with Gasteiger partial charge in [-0.05, 0) is 87.8 Å². The normalized spacial score (nSPS) is 13.1. The number of aromatic nitrogens is 1. The van der Waals surface area contributed by atoms with E-state index in [1.165, 1.54) is 60.8 Å². The molecule has 54 heavy (non-hydrogen) atoms. The molecule has 1 aliphatic carbocycles. The highest BCUT2D eigenvalue weighted by Gasteiger charge is 2.47. The fraction of sp³-hybridized carbons (Fsp3) is 0.0392. The summed E-state index contributed by atoms with van der Waals surface area (Å²) in [6.07, 6.45) is 0. The summed E-state index contributed by atoms with van der Waals surface area (Å²) in [7, 11) is 0. The van der Waals surface area contributed by atoms with Gasteiger partial charge in [0.05, 0.1) is 27.2 Å². The van der Waals surface area contributed by atoms with Crippen molar-refractivity contribution in [2.24, 2.45) is 0 Å². The Kier molecular flexibility index (Phi) is 6.53. The lowest BCUT2D eigenvalue weighted by Crippen LogP contribution is -2.28. The van der Waals surface area contributed by atoms with Gasteiger partial charge in [-0.2, -0.15) is 0 Å². The van der Waals surface area contributed by atoms with Gasteiger partial charge in [-0.15, -0.1) is 0 Å². The molecule has 8 aromatic carbocycles. The van der Waals surface area contributed by atoms with Crippen molar-refractivity contribution in [1.29, 1.82) is 0 Å². The standard InChI is InChI=1S/C51H33NO2/c1-32-14-12-23-38-39-28-29-44-47(40-21-8-10-24-43(40)51(44,35-16-4-2-5-17-35)36-18-6-3-7-19-36)49(39)52(48(32)38)37-20-13-15-33(30-37)34-26-27-42-46(31-34)54-45-25-11-9-22-41(45)50(42)53/h2-31H,1H3. The van der Waals surface area contributed by atoms with Crippen molar-refractivity contribution in [1.82, 2.24) is 4.57 Å². The smallest absolute Gasteiger partial charge is 0.200 e. The van der Waals surface area contributed by atoms with Gasteiger partial charge in [-0.3, -0.25) is 4.79 Å². The van der Waals surface area contributed by atoms with E-state index in [-0.39, 0.29) is 5.43 Å². The lowest BCUT2D eigenvalue weighted by atomic mass is 9.67. The monoisotopic (exact) mass is 691 g/mol. The quantitative estimate of drug-likeness (QED) is 0.172. The molecule has 0 N–H and O–H groups in total. The SMILES string of the molecule is Cc1cccc2c3ccc4c(c3n(-c3cccc(-c5ccc6c(=O)c7ccccc7oc6c5)c3)c12)-c1ccccc1C4(c1ccccc1)c1ccccc1. The largest absolute Gasteiger partial charge is 0.456 e. The predicted octanol–water partition coefficient (Wildman–Crippen LogP) is 12.4. The zero-order valence-electron chi connectivity index (χ0n) is 29.6. The minimum atomic E-state index is -0.500. The van der Waals surface area contributed by atoms with Crippen molar-refractivity contribution in [3.8, 4) is 27.9 Å². The number of aryl methyl sites for hydroxylation is 1. The van der Waals surface area contributed by atoms with E-state index in [2.05, 4.69) is 151 Å². The lowest BCUT2D eigenvalue weighted by molar-refractivity contribution is 0.660. The van der Waals surface area contributed by atoms with Crippen molar-refractivity contribution in [3.05, 3.63) is 220 Å². The number of para-hydroxylation sites is 2. The number of hydrogen-bond acceptors (Lipinski definition) is 2. The summed E-state index contributed by atoms with van der Waals surface area (Å²) in [5, 5.41) is 3.64. The number of rotatable bonds is 4. The van der Waals surface area contributed by atoms with Gasteiger partial charge in [0.1, 0.15) is 11.2 Å². The molecule has 0 spiro atoms. The Morgan fingerprint density at radius 1 is 0.481 bits per heavy atom. The highest BCUT2D eigenvalue weighted by molar-refractivity contribution is 6.17. The fourth-order valence-electron chi connectivity index (χ4n) is 9.31. The van der Waals surface area contributed by atoms with Crippen LogP contribution in [0.3, 0.4) is 0 Å². The summed E-state index contributed by atoms with van der Waals surface area (Å²) in [6.45, 7) is 2.21. The molecule has 2 heterocycles. The van der Waals surface area contributed by atoms with Gasteiger partial charge in [0, 0.05) is 22.0 Å². The summed E-state index contributed by atoms with van der Waals surface area (Å²) in [6, 6.07) is 64.5. The van der Waals surface area contributed by atoms with E-state index in [1.807, 2.05) is 42.5 Å². The molecule has 3 nitrogen and oxygen atoms in total. The van der Waals surface area contributed by atoms with Crippen molar-refractivity contribution < 1.29 is 4.42 Å². The Bertz CT molecular complexity index is 3150. The second-order valence-corrected chi connectivity index (χ2v) is 14.4. The summed E-state index contributed by atoms with van der Waals surface area (Å²) >= 11 is 0. The predicted molar refractivity (Wildman–Crippen MR) is 222 cm³/mol. The van der Waals surface area contributed by atoms with Crippen LogP contribution in [0.2, 0.25) is 0 Å². The molecule has 10 aromatic rings. The second-order valence-electron chi connectivity index (χ2n) is 14.4. The van der Waals surface area contributed by atoms with Crippen LogP contribution in [0.5, 0.6) is 0 Å². The summed E-state index contributed by atoms with van der Waals surface area (Å²) in [5.41, 5.74) is 15.0. The first-order valence-corrected chi connectivity index (χ1v) is 18.5. The first kappa shape index (κ1) is 30.6. The van der Waals surface area contributed by atoms with Gasteiger partial charge in [0.25, 0.3) is 0 Å². The zero-order chi connectivity index (χ0) is 36.0. The molecule has 0 radical (unpaired) electrons. The number of fused-ring (bicyclic) bond motifs is 9. The zero-order valence-corrected chi connectivity index (χ0v) is 29.6. The molecule has 2 aromatic heterocycles. The molecule has 254 valence electrons. The Hall–Kier alpha value is -6.97. The van der Waals surface area contributed by atoms with Gasteiger partial charge in [0.15, 0.2) is 0 Å². The molecule has 0 atom stereocenters. The van der Waals surface area contributed by atoms with E-state index in [0.29, 0.717) is 21.9 Å². The van der Waals surface area contributed by atoms with Crippen molar-refractivity contribution >= 4 is 43.7 Å². The average Bonchev–Trinajstić information content (AvgIpc) is 3.73. The molecule has 0 bridgehead atoms. The van der Waals surface area contributed by atoms with E-state index in [0.717, 1.165) is 16.8 Å². The van der Waals surface area contributed by atoms with Gasteiger partial charge >= 0.3 is 0 Å². The molecule has 0 saturated carbocycles. The van der Waals surface area contributed by atoms with E-state index < -0.39 is 5.41 Å². The van der Waals surface area contributed by atoms with Gasteiger partial charge < -0.3 is 8.98 Å². The van der Waals surface area contributed by atoms with Crippen molar-refractivity contribution in [2.45, 2.75) is 12.3 Å². The van der Waals surface area contributed by atoms with Crippen LogP contribution in [0.25, 0.3) is 71.7 Å². The molecule has 0 unspecified atom stereocenters. The Labute approximate surface area is 312 Å². The Balaban J connectivity index is 1.22. The number of hydrogen-bond donors (Lipinski definition) is 0. The van der Waals surface area contributed by atoms with E-state index in [9.17, 15) is 4.79 Å². The van der Waals surface area contributed by atoms with Crippen LogP contribution in [0, 0.1) is 6.92 Å². The summed E-state index contributed by atoms with van der Waals surface area (Å²) in [4.78, 5) is 13.4. The minimum absolute atomic E-state index is 0.0101. The molecule has 0 amide bonds. The Morgan fingerprint density at radius 3 is 1.93 bits per heavy atom. The van der Waals surface area contributed by atoms with Crippen molar-refractivity contribution in [2.75, 3.05) is 0 Å². The summed E-state index contributed by atoms with van der Waals surface area (Å²) < 4.78 is 8.78. The highest BCUT2D eigenvalue weighted by atomic mass is 16.3. The fourth-order valence-corrected chi connectivity index (χ4v) is 9.31. The molecular weight excluding hydrogens is 659 g/mol. The van der Waals surface area contributed by atoms with Crippen LogP contribution in [0.1, 0.15) is 27.8 Å². The molecule has 1 aliphatic rings. The topological polar surface area (TPSA) is 35.1 Å². The van der Waals surface area contributed by atoms with E-state index >= 15 is 0 Å². The van der Waals surface area contributed by atoms with E-state index in [4.69, 9.17) is 4.42 Å². The van der Waals surface area contributed by atoms with Crippen LogP contribution >= 0.6 is 0 Å².